The normalized spacial score (nSPS) is 13.3. The number of unbranched alkanes of at least 4 members (excludes halogenated alkanes) is 3. The minimum atomic E-state index is -0.846. The van der Waals surface area contributed by atoms with Gasteiger partial charge in [0.15, 0.2) is 0 Å². The molecular formula is C18H39O6Ru. The second-order valence-corrected chi connectivity index (χ2v) is 5.38. The van der Waals surface area contributed by atoms with Crippen LogP contribution in [0.2, 0.25) is 0 Å². The summed E-state index contributed by atoms with van der Waals surface area (Å²) in [6.07, 6.45) is 3.71. The van der Waals surface area contributed by atoms with Gasteiger partial charge in [0.05, 0.1) is 0 Å². The van der Waals surface area contributed by atoms with E-state index >= 15 is 0 Å². The number of hydrogen-bond donors (Lipinski definition) is 0. The molecule has 3 atom stereocenters. The van der Waals surface area contributed by atoms with E-state index in [2.05, 4.69) is 20.8 Å². The molecule has 6 nitrogen and oxygen atoms in total. The Balaban J connectivity index is -0.000000130. The summed E-state index contributed by atoms with van der Waals surface area (Å²) in [6.45, 7) is 12.6. The Kier molecular flexibility index (Phi) is 38.5. The quantitative estimate of drug-likeness (QED) is 0.253. The molecule has 0 aliphatic rings. The predicted octanol–water partition coefficient (Wildman–Crippen LogP) is 1.53. The molecule has 0 bridgehead atoms. The van der Waals surface area contributed by atoms with E-state index in [0.717, 1.165) is 38.5 Å². The predicted molar refractivity (Wildman–Crippen MR) is 91.0 cm³/mol. The summed E-state index contributed by atoms with van der Waals surface area (Å²) in [4.78, 5) is 0. The van der Waals surface area contributed by atoms with Crippen LogP contribution in [0.3, 0.4) is 0 Å². The van der Waals surface area contributed by atoms with Crippen LogP contribution >= 0.6 is 0 Å². The van der Waals surface area contributed by atoms with Crippen LogP contribution in [0, 0.1) is 0 Å². The topological polar surface area (TPSA) is 96.9 Å². The minimum Gasteiger partial charge on any atom is -0.831 e. The van der Waals surface area contributed by atoms with Crippen LogP contribution in [0.15, 0.2) is 0 Å². The van der Waals surface area contributed by atoms with Gasteiger partial charge in [0, 0.05) is 19.8 Å². The Hall–Kier alpha value is 0.383. The monoisotopic (exact) mass is 453 g/mol. The summed E-state index contributed by atoms with van der Waals surface area (Å²) in [6, 6.07) is 0. The summed E-state index contributed by atoms with van der Waals surface area (Å²) in [5, 5.41) is 30.5. The van der Waals surface area contributed by atoms with Crippen molar-refractivity contribution in [1.29, 1.82) is 0 Å². The van der Waals surface area contributed by atoms with E-state index in [9.17, 15) is 15.3 Å². The van der Waals surface area contributed by atoms with Gasteiger partial charge >= 0.3 is 19.5 Å². The Morgan fingerprint density at radius 1 is 0.560 bits per heavy atom. The van der Waals surface area contributed by atoms with Crippen molar-refractivity contribution < 1.29 is 49.0 Å². The first-order valence-corrected chi connectivity index (χ1v) is 9.13. The van der Waals surface area contributed by atoms with Crippen LogP contribution in [0.1, 0.15) is 80.1 Å². The SMILES string of the molecule is CCCCOC(C)[O-].CCCCOC(C)[O-].CCCCOC(C)[O-].[Ru+3]. The molecule has 0 saturated carbocycles. The maximum absolute atomic E-state index is 10.2. The third kappa shape index (κ3) is 51.6. The fourth-order valence-corrected chi connectivity index (χ4v) is 1.18. The van der Waals surface area contributed by atoms with Gasteiger partial charge in [-0.05, 0) is 38.1 Å². The summed E-state index contributed by atoms with van der Waals surface area (Å²) in [5.41, 5.74) is 0. The molecule has 0 N–H and O–H groups in total. The molecule has 155 valence electrons. The first kappa shape index (κ1) is 33.0. The van der Waals surface area contributed by atoms with Gasteiger partial charge in [-0.2, -0.15) is 0 Å². The van der Waals surface area contributed by atoms with Crippen molar-refractivity contribution in [3.63, 3.8) is 0 Å². The van der Waals surface area contributed by atoms with Crippen LogP contribution in [-0.4, -0.2) is 38.7 Å². The van der Waals surface area contributed by atoms with Crippen molar-refractivity contribution in [2.24, 2.45) is 0 Å². The molecule has 0 fully saturated rings. The average Bonchev–Trinajstić information content (AvgIpc) is 2.48. The molecule has 7 heteroatoms. The number of hydrogen-bond acceptors (Lipinski definition) is 6. The second-order valence-electron chi connectivity index (χ2n) is 5.38. The van der Waals surface area contributed by atoms with Crippen LogP contribution in [0.4, 0.5) is 0 Å². The second kappa shape index (κ2) is 29.2. The standard InChI is InChI=1S/3C6H13O2.Ru/c3*1-3-4-5-8-6(2)7;/h3*6H,3-5H2,1-2H3;/q3*-1;+3. The molecule has 25 heavy (non-hydrogen) atoms. The van der Waals surface area contributed by atoms with Gasteiger partial charge in [0.1, 0.15) is 0 Å². The van der Waals surface area contributed by atoms with Crippen molar-refractivity contribution >= 4 is 0 Å². The van der Waals surface area contributed by atoms with Crippen molar-refractivity contribution in [3.8, 4) is 0 Å². The van der Waals surface area contributed by atoms with Gasteiger partial charge in [0.2, 0.25) is 0 Å². The average molecular weight is 453 g/mol. The molecular weight excluding hydrogens is 413 g/mol. The van der Waals surface area contributed by atoms with E-state index in [1.165, 1.54) is 20.8 Å². The van der Waals surface area contributed by atoms with Gasteiger partial charge in [-0.25, -0.2) is 0 Å². The minimum absolute atomic E-state index is 0. The summed E-state index contributed by atoms with van der Waals surface area (Å²) < 4.78 is 14.2. The van der Waals surface area contributed by atoms with Crippen LogP contribution < -0.4 is 15.3 Å². The Morgan fingerprint density at radius 3 is 0.880 bits per heavy atom. The zero-order chi connectivity index (χ0) is 19.2. The van der Waals surface area contributed by atoms with E-state index in [1.54, 1.807) is 0 Å². The van der Waals surface area contributed by atoms with E-state index in [4.69, 9.17) is 14.2 Å². The molecule has 1 radical (unpaired) electrons. The smallest absolute Gasteiger partial charge is 0.831 e. The van der Waals surface area contributed by atoms with E-state index in [0.29, 0.717) is 19.8 Å². The molecule has 0 aromatic heterocycles. The molecule has 0 spiro atoms. The molecule has 0 aliphatic heterocycles. The first-order chi connectivity index (χ1) is 11.3. The third-order valence-electron chi connectivity index (χ3n) is 2.55. The third-order valence-corrected chi connectivity index (χ3v) is 2.55. The van der Waals surface area contributed by atoms with Crippen LogP contribution in [0.25, 0.3) is 0 Å². The van der Waals surface area contributed by atoms with Crippen molar-refractivity contribution in [1.82, 2.24) is 0 Å². The molecule has 0 aromatic rings. The molecule has 0 rings (SSSR count). The van der Waals surface area contributed by atoms with Gasteiger partial charge < -0.3 is 29.5 Å². The van der Waals surface area contributed by atoms with E-state index in [1.807, 2.05) is 0 Å². The van der Waals surface area contributed by atoms with Crippen molar-refractivity contribution in [3.05, 3.63) is 0 Å². The van der Waals surface area contributed by atoms with Gasteiger partial charge in [-0.15, -0.1) is 0 Å². The largest absolute Gasteiger partial charge is 3.00 e. The fourth-order valence-electron chi connectivity index (χ4n) is 1.18. The van der Waals surface area contributed by atoms with Crippen molar-refractivity contribution in [2.45, 2.75) is 98.9 Å². The summed E-state index contributed by atoms with van der Waals surface area (Å²) >= 11 is 0. The molecule has 0 amide bonds. The van der Waals surface area contributed by atoms with Gasteiger partial charge in [0.25, 0.3) is 0 Å². The Labute approximate surface area is 168 Å². The van der Waals surface area contributed by atoms with Gasteiger partial charge in [-0.1, -0.05) is 60.8 Å². The molecule has 0 aliphatic carbocycles. The van der Waals surface area contributed by atoms with Crippen LogP contribution in [0.5, 0.6) is 0 Å². The maximum atomic E-state index is 10.2. The Morgan fingerprint density at radius 2 is 0.760 bits per heavy atom. The zero-order valence-electron chi connectivity index (χ0n) is 16.9. The van der Waals surface area contributed by atoms with E-state index < -0.39 is 18.9 Å². The fraction of sp³-hybridized carbons (Fsp3) is 1.00. The summed E-state index contributed by atoms with van der Waals surface area (Å²) in [7, 11) is 0. The molecule has 0 aromatic carbocycles. The molecule has 3 unspecified atom stereocenters. The first-order valence-electron chi connectivity index (χ1n) is 9.13. The van der Waals surface area contributed by atoms with Crippen molar-refractivity contribution in [2.75, 3.05) is 19.8 Å². The van der Waals surface area contributed by atoms with E-state index in [-0.39, 0.29) is 19.5 Å². The van der Waals surface area contributed by atoms with Gasteiger partial charge in [-0.3, -0.25) is 0 Å². The molecule has 0 saturated heterocycles. The maximum Gasteiger partial charge on any atom is 3.00 e. The Bertz CT molecular complexity index is 171. The number of ether oxygens (including phenoxy) is 3. The molecule has 0 heterocycles. The van der Waals surface area contributed by atoms with Crippen LogP contribution in [-0.2, 0) is 33.7 Å². The number of rotatable bonds is 12. The zero-order valence-corrected chi connectivity index (χ0v) is 18.6. The summed E-state index contributed by atoms with van der Waals surface area (Å²) in [5.74, 6) is 0.